The summed E-state index contributed by atoms with van der Waals surface area (Å²) in [6.07, 6.45) is 5.20. The van der Waals surface area contributed by atoms with Crippen LogP contribution in [0.15, 0.2) is 18.2 Å². The number of rotatable bonds is 3. The van der Waals surface area contributed by atoms with Gasteiger partial charge in [-0.1, -0.05) is 18.2 Å². The molecule has 0 radical (unpaired) electrons. The first kappa shape index (κ1) is 16.6. The third-order valence-corrected chi connectivity index (χ3v) is 6.43. The van der Waals surface area contributed by atoms with Crippen LogP contribution in [-0.2, 0) is 9.31 Å². The lowest BCUT2D eigenvalue weighted by Crippen LogP contribution is -2.41. The summed E-state index contributed by atoms with van der Waals surface area (Å²) in [5.74, 6) is 1.48. The minimum Gasteiger partial charge on any atom is -0.399 e. The zero-order chi connectivity index (χ0) is 16.9. The normalized spacial score (nSPS) is 26.8. The molecular weight excluding hydrogens is 297 g/mol. The molecule has 3 nitrogen and oxygen atoms in total. The number of piperidine rings is 1. The molecule has 0 bridgehead atoms. The molecule has 1 aliphatic carbocycles. The van der Waals surface area contributed by atoms with Gasteiger partial charge < -0.3 is 14.6 Å². The van der Waals surface area contributed by atoms with Gasteiger partial charge >= 0.3 is 7.12 Å². The van der Waals surface area contributed by atoms with Crippen molar-refractivity contribution in [2.24, 2.45) is 0 Å². The molecule has 4 heteroatoms. The minimum absolute atomic E-state index is 0.241. The second-order valence-corrected chi connectivity index (χ2v) is 8.78. The van der Waals surface area contributed by atoms with Crippen LogP contribution in [0.4, 0.5) is 0 Å². The molecule has 0 amide bonds. The number of nitrogens with one attached hydrogen (secondary N) is 1. The fraction of sp³-hybridized carbons (Fsp3) is 0.700. The van der Waals surface area contributed by atoms with Crippen molar-refractivity contribution in [3.63, 3.8) is 0 Å². The van der Waals surface area contributed by atoms with Gasteiger partial charge in [0.15, 0.2) is 0 Å². The highest BCUT2D eigenvalue weighted by atomic mass is 16.7. The van der Waals surface area contributed by atoms with E-state index in [-0.39, 0.29) is 18.3 Å². The van der Waals surface area contributed by atoms with Gasteiger partial charge in [-0.05, 0) is 94.9 Å². The first-order valence-electron chi connectivity index (χ1n) is 9.57. The van der Waals surface area contributed by atoms with E-state index < -0.39 is 0 Å². The van der Waals surface area contributed by atoms with Gasteiger partial charge in [-0.15, -0.1) is 0 Å². The van der Waals surface area contributed by atoms with Crippen LogP contribution in [0.2, 0.25) is 0 Å². The SMILES string of the molecule is CC1(C)OB(c2ccc(C3CCNCC3)c(C3CC3)c2)OC1(C)C. The maximum absolute atomic E-state index is 6.26. The lowest BCUT2D eigenvalue weighted by Gasteiger charge is -2.32. The average Bonchev–Trinajstić information content (AvgIpc) is 3.35. The fourth-order valence-corrected chi connectivity index (χ4v) is 3.97. The summed E-state index contributed by atoms with van der Waals surface area (Å²) in [5.41, 5.74) is 3.79. The fourth-order valence-electron chi connectivity index (χ4n) is 3.97. The lowest BCUT2D eigenvalue weighted by atomic mass is 9.75. The Kier molecular flexibility index (Phi) is 4.06. The second kappa shape index (κ2) is 5.86. The van der Waals surface area contributed by atoms with Gasteiger partial charge in [0.1, 0.15) is 0 Å². The van der Waals surface area contributed by atoms with E-state index in [1.165, 1.54) is 31.1 Å². The van der Waals surface area contributed by atoms with E-state index in [1.54, 1.807) is 11.1 Å². The molecule has 2 heterocycles. The monoisotopic (exact) mass is 327 g/mol. The molecule has 1 aromatic carbocycles. The molecule has 130 valence electrons. The van der Waals surface area contributed by atoms with Gasteiger partial charge in [-0.3, -0.25) is 0 Å². The van der Waals surface area contributed by atoms with Gasteiger partial charge in [0.25, 0.3) is 0 Å². The van der Waals surface area contributed by atoms with E-state index in [2.05, 4.69) is 51.2 Å². The van der Waals surface area contributed by atoms with Gasteiger partial charge in [0, 0.05) is 0 Å². The smallest absolute Gasteiger partial charge is 0.399 e. The van der Waals surface area contributed by atoms with Crippen molar-refractivity contribution in [2.45, 2.75) is 76.4 Å². The van der Waals surface area contributed by atoms with E-state index in [0.29, 0.717) is 5.92 Å². The van der Waals surface area contributed by atoms with Crippen molar-refractivity contribution in [3.8, 4) is 0 Å². The number of hydrogen-bond acceptors (Lipinski definition) is 3. The third kappa shape index (κ3) is 2.93. The molecule has 1 aromatic rings. The van der Waals surface area contributed by atoms with Crippen LogP contribution in [0.3, 0.4) is 0 Å². The summed E-state index contributed by atoms with van der Waals surface area (Å²) >= 11 is 0. The largest absolute Gasteiger partial charge is 0.494 e. The zero-order valence-corrected chi connectivity index (χ0v) is 15.5. The van der Waals surface area contributed by atoms with E-state index in [9.17, 15) is 0 Å². The quantitative estimate of drug-likeness (QED) is 0.864. The van der Waals surface area contributed by atoms with Crippen LogP contribution in [0.25, 0.3) is 0 Å². The zero-order valence-electron chi connectivity index (χ0n) is 15.5. The molecule has 1 N–H and O–H groups in total. The summed E-state index contributed by atoms with van der Waals surface area (Å²) in [4.78, 5) is 0. The molecule has 24 heavy (non-hydrogen) atoms. The van der Waals surface area contributed by atoms with Gasteiger partial charge in [0.05, 0.1) is 11.2 Å². The van der Waals surface area contributed by atoms with Crippen LogP contribution in [0, 0.1) is 0 Å². The predicted octanol–water partition coefficient (Wildman–Crippen LogP) is 3.33. The van der Waals surface area contributed by atoms with Crippen molar-refractivity contribution < 1.29 is 9.31 Å². The molecular formula is C20H30BNO2. The van der Waals surface area contributed by atoms with Crippen LogP contribution in [0.5, 0.6) is 0 Å². The third-order valence-electron chi connectivity index (χ3n) is 6.43. The standard InChI is InChI=1S/C20H30BNO2/c1-19(2)20(3,4)24-21(23-19)16-7-8-17(15-9-11-22-12-10-15)18(13-16)14-5-6-14/h7-8,13-15,22H,5-6,9-12H2,1-4H3. The van der Waals surface area contributed by atoms with Gasteiger partial charge in [-0.25, -0.2) is 0 Å². The predicted molar refractivity (Wildman–Crippen MR) is 99.0 cm³/mol. The lowest BCUT2D eigenvalue weighted by molar-refractivity contribution is 0.00578. The van der Waals surface area contributed by atoms with E-state index in [0.717, 1.165) is 19.0 Å². The van der Waals surface area contributed by atoms with Crippen molar-refractivity contribution in [3.05, 3.63) is 29.3 Å². The van der Waals surface area contributed by atoms with Gasteiger partial charge in [0.2, 0.25) is 0 Å². The van der Waals surface area contributed by atoms with Crippen LogP contribution >= 0.6 is 0 Å². The molecule has 0 atom stereocenters. The van der Waals surface area contributed by atoms with E-state index >= 15 is 0 Å². The van der Waals surface area contributed by atoms with E-state index in [1.807, 2.05) is 0 Å². The van der Waals surface area contributed by atoms with Gasteiger partial charge in [-0.2, -0.15) is 0 Å². The molecule has 2 aliphatic heterocycles. The molecule has 1 saturated carbocycles. The van der Waals surface area contributed by atoms with Crippen molar-refractivity contribution in [1.82, 2.24) is 5.32 Å². The molecule has 3 fully saturated rings. The summed E-state index contributed by atoms with van der Waals surface area (Å²) in [7, 11) is -0.241. The van der Waals surface area contributed by atoms with Crippen molar-refractivity contribution in [1.29, 1.82) is 0 Å². The highest BCUT2D eigenvalue weighted by molar-refractivity contribution is 6.62. The Morgan fingerprint density at radius 1 is 0.875 bits per heavy atom. The topological polar surface area (TPSA) is 30.5 Å². The summed E-state index contributed by atoms with van der Waals surface area (Å²) in [6, 6.07) is 6.99. The maximum Gasteiger partial charge on any atom is 0.494 e. The highest BCUT2D eigenvalue weighted by Crippen LogP contribution is 2.44. The van der Waals surface area contributed by atoms with Crippen LogP contribution < -0.4 is 10.8 Å². The molecule has 4 rings (SSSR count). The average molecular weight is 327 g/mol. The Balaban J connectivity index is 1.63. The first-order valence-corrected chi connectivity index (χ1v) is 9.57. The Morgan fingerprint density at radius 3 is 2.04 bits per heavy atom. The highest BCUT2D eigenvalue weighted by Gasteiger charge is 2.51. The Bertz CT molecular complexity index is 602. The Morgan fingerprint density at radius 2 is 1.46 bits per heavy atom. The molecule has 0 aromatic heterocycles. The first-order chi connectivity index (χ1) is 11.4. The second-order valence-electron chi connectivity index (χ2n) is 8.78. The molecule has 3 aliphatic rings. The molecule has 0 unspecified atom stereocenters. The molecule has 2 saturated heterocycles. The summed E-state index contributed by atoms with van der Waals surface area (Å²) in [6.45, 7) is 10.8. The van der Waals surface area contributed by atoms with E-state index in [4.69, 9.17) is 9.31 Å². The summed E-state index contributed by atoms with van der Waals surface area (Å²) in [5, 5.41) is 3.48. The van der Waals surface area contributed by atoms with Crippen molar-refractivity contribution in [2.75, 3.05) is 13.1 Å². The number of benzene rings is 1. The Labute approximate surface area is 146 Å². The molecule has 0 spiro atoms. The number of hydrogen-bond donors (Lipinski definition) is 1. The Hall–Kier alpha value is -0.835. The van der Waals surface area contributed by atoms with Crippen molar-refractivity contribution >= 4 is 12.6 Å². The maximum atomic E-state index is 6.26. The van der Waals surface area contributed by atoms with Crippen LogP contribution in [-0.4, -0.2) is 31.4 Å². The summed E-state index contributed by atoms with van der Waals surface area (Å²) < 4.78 is 12.5. The van der Waals surface area contributed by atoms with Crippen LogP contribution in [0.1, 0.15) is 76.3 Å². The minimum atomic E-state index is -0.273.